The molecule has 1 heterocycles. The Bertz CT molecular complexity index is 646. The van der Waals surface area contributed by atoms with Gasteiger partial charge in [-0.15, -0.1) is 0 Å². The van der Waals surface area contributed by atoms with Crippen molar-refractivity contribution in [3.63, 3.8) is 0 Å². The summed E-state index contributed by atoms with van der Waals surface area (Å²) in [5.74, 6) is -0.323. The third-order valence-electron chi connectivity index (χ3n) is 2.94. The molecule has 1 aromatic heterocycles. The first kappa shape index (κ1) is 15.3. The Morgan fingerprint density at radius 1 is 1.48 bits per heavy atom. The van der Waals surface area contributed by atoms with E-state index in [-0.39, 0.29) is 12.4 Å². The number of nitrogens with two attached hydrogens (primary N) is 1. The van der Waals surface area contributed by atoms with Gasteiger partial charge in [-0.2, -0.15) is 0 Å². The van der Waals surface area contributed by atoms with Crippen LogP contribution in [0.5, 0.6) is 0 Å². The zero-order valence-corrected chi connectivity index (χ0v) is 12.4. The summed E-state index contributed by atoms with van der Waals surface area (Å²) < 4.78 is 18.5. The molecule has 0 saturated carbocycles. The number of halogens is 1. The first-order valence-corrected chi connectivity index (χ1v) is 6.75. The lowest BCUT2D eigenvalue weighted by molar-refractivity contribution is 0.0524. The Labute approximate surface area is 122 Å². The summed E-state index contributed by atoms with van der Waals surface area (Å²) in [6.45, 7) is 5.57. The van der Waals surface area contributed by atoms with E-state index in [0.29, 0.717) is 5.39 Å². The number of ether oxygens (including phenoxy) is 1. The van der Waals surface area contributed by atoms with Crippen LogP contribution in [0.1, 0.15) is 32.4 Å². The number of amides is 1. The number of H-pyrrole nitrogens is 1. The van der Waals surface area contributed by atoms with E-state index in [9.17, 15) is 9.18 Å². The molecule has 4 N–H and O–H groups in total. The SMILES string of the molecule is CC(C)(C)OC(=O)NCC(N)c1c[nH]c2ccc(F)cc12. The predicted molar refractivity (Wildman–Crippen MR) is 79.4 cm³/mol. The number of hydrogen-bond donors (Lipinski definition) is 3. The Morgan fingerprint density at radius 3 is 2.86 bits per heavy atom. The number of carbonyl (C=O) groups excluding carboxylic acids is 1. The van der Waals surface area contributed by atoms with Gasteiger partial charge in [-0.1, -0.05) is 0 Å². The molecule has 21 heavy (non-hydrogen) atoms. The molecule has 1 aromatic carbocycles. The maximum Gasteiger partial charge on any atom is 0.407 e. The van der Waals surface area contributed by atoms with Crippen LogP contribution in [0, 0.1) is 5.82 Å². The van der Waals surface area contributed by atoms with Gasteiger partial charge in [-0.25, -0.2) is 9.18 Å². The Morgan fingerprint density at radius 2 is 2.19 bits per heavy atom. The van der Waals surface area contributed by atoms with Crippen molar-refractivity contribution in [3.05, 3.63) is 35.8 Å². The third kappa shape index (κ3) is 3.95. The number of fused-ring (bicyclic) bond motifs is 1. The summed E-state index contributed by atoms with van der Waals surface area (Å²) in [5, 5.41) is 3.33. The standard InChI is InChI=1S/C15H20FN3O2/c1-15(2,3)21-14(20)19-8-12(17)11-7-18-13-5-4-9(16)6-10(11)13/h4-7,12,18H,8,17H2,1-3H3,(H,19,20). The highest BCUT2D eigenvalue weighted by Crippen LogP contribution is 2.23. The van der Waals surface area contributed by atoms with Crippen molar-refractivity contribution >= 4 is 17.0 Å². The fraction of sp³-hybridized carbons (Fsp3) is 0.400. The highest BCUT2D eigenvalue weighted by Gasteiger charge is 2.18. The van der Waals surface area contributed by atoms with Gasteiger partial charge >= 0.3 is 6.09 Å². The van der Waals surface area contributed by atoms with E-state index in [4.69, 9.17) is 10.5 Å². The van der Waals surface area contributed by atoms with Crippen molar-refractivity contribution < 1.29 is 13.9 Å². The van der Waals surface area contributed by atoms with Crippen molar-refractivity contribution in [3.8, 4) is 0 Å². The molecule has 2 rings (SSSR count). The quantitative estimate of drug-likeness (QED) is 0.814. The summed E-state index contributed by atoms with van der Waals surface area (Å²) in [6.07, 6.45) is 1.20. The van der Waals surface area contributed by atoms with E-state index in [0.717, 1.165) is 11.1 Å². The van der Waals surface area contributed by atoms with E-state index in [1.54, 1.807) is 33.0 Å². The molecule has 1 amide bonds. The van der Waals surface area contributed by atoms with E-state index >= 15 is 0 Å². The smallest absolute Gasteiger partial charge is 0.407 e. The van der Waals surface area contributed by atoms with Crippen LogP contribution in [-0.2, 0) is 4.74 Å². The fourth-order valence-electron chi connectivity index (χ4n) is 2.04. The third-order valence-corrected chi connectivity index (χ3v) is 2.94. The van der Waals surface area contributed by atoms with Crippen LogP contribution in [0.25, 0.3) is 10.9 Å². The lowest BCUT2D eigenvalue weighted by Gasteiger charge is -2.20. The van der Waals surface area contributed by atoms with Gasteiger partial charge in [0, 0.05) is 29.7 Å². The van der Waals surface area contributed by atoms with Crippen molar-refractivity contribution in [2.24, 2.45) is 5.73 Å². The minimum atomic E-state index is -0.557. The van der Waals surface area contributed by atoms with Crippen molar-refractivity contribution in [2.75, 3.05) is 6.54 Å². The second kappa shape index (κ2) is 5.73. The molecule has 0 aliphatic heterocycles. The number of carbonyl (C=O) groups is 1. The predicted octanol–water partition coefficient (Wildman–Crippen LogP) is 2.83. The second-order valence-corrected chi connectivity index (χ2v) is 5.92. The molecule has 0 fully saturated rings. The summed E-state index contributed by atoms with van der Waals surface area (Å²) >= 11 is 0. The van der Waals surface area contributed by atoms with E-state index in [2.05, 4.69) is 10.3 Å². The monoisotopic (exact) mass is 293 g/mol. The van der Waals surface area contributed by atoms with Crippen molar-refractivity contribution in [2.45, 2.75) is 32.4 Å². The van der Waals surface area contributed by atoms with E-state index < -0.39 is 17.7 Å². The zero-order chi connectivity index (χ0) is 15.6. The van der Waals surface area contributed by atoms with Crippen LogP contribution in [0.4, 0.5) is 9.18 Å². The van der Waals surface area contributed by atoms with E-state index in [1.165, 1.54) is 12.1 Å². The lowest BCUT2D eigenvalue weighted by Crippen LogP contribution is -2.36. The summed E-state index contributed by atoms with van der Waals surface area (Å²) in [4.78, 5) is 14.6. The molecule has 2 aromatic rings. The van der Waals surface area contributed by atoms with Gasteiger partial charge in [0.25, 0.3) is 0 Å². The average molecular weight is 293 g/mol. The molecule has 5 nitrogen and oxygen atoms in total. The maximum absolute atomic E-state index is 13.3. The average Bonchev–Trinajstić information content (AvgIpc) is 2.76. The molecule has 1 unspecified atom stereocenters. The molecule has 0 spiro atoms. The maximum atomic E-state index is 13.3. The minimum absolute atomic E-state index is 0.207. The number of nitrogens with one attached hydrogen (secondary N) is 2. The normalized spacial score (nSPS) is 13.2. The molecular formula is C15H20FN3O2. The Balaban J connectivity index is 2.04. The number of alkyl carbamates (subject to hydrolysis) is 1. The number of hydrogen-bond acceptors (Lipinski definition) is 3. The van der Waals surface area contributed by atoms with Crippen LogP contribution in [-0.4, -0.2) is 23.2 Å². The van der Waals surface area contributed by atoms with Crippen LogP contribution in [0.15, 0.2) is 24.4 Å². The molecule has 114 valence electrons. The first-order valence-electron chi connectivity index (χ1n) is 6.75. The highest BCUT2D eigenvalue weighted by atomic mass is 19.1. The van der Waals surface area contributed by atoms with Gasteiger partial charge in [-0.05, 0) is 44.5 Å². The van der Waals surface area contributed by atoms with Gasteiger partial charge in [-0.3, -0.25) is 0 Å². The molecular weight excluding hydrogens is 273 g/mol. The van der Waals surface area contributed by atoms with Gasteiger partial charge < -0.3 is 20.8 Å². The van der Waals surface area contributed by atoms with Gasteiger partial charge in [0.15, 0.2) is 0 Å². The van der Waals surface area contributed by atoms with Gasteiger partial charge in [0.2, 0.25) is 0 Å². The fourth-order valence-corrected chi connectivity index (χ4v) is 2.04. The van der Waals surface area contributed by atoms with Crippen LogP contribution < -0.4 is 11.1 Å². The molecule has 0 radical (unpaired) electrons. The summed E-state index contributed by atoms with van der Waals surface area (Å²) in [7, 11) is 0. The summed E-state index contributed by atoms with van der Waals surface area (Å²) in [5.41, 5.74) is 7.05. The number of aromatic amines is 1. The molecule has 0 saturated heterocycles. The largest absolute Gasteiger partial charge is 0.444 e. The van der Waals surface area contributed by atoms with Crippen molar-refractivity contribution in [1.82, 2.24) is 10.3 Å². The van der Waals surface area contributed by atoms with Crippen LogP contribution in [0.2, 0.25) is 0 Å². The van der Waals surface area contributed by atoms with Gasteiger partial charge in [0.1, 0.15) is 11.4 Å². The topological polar surface area (TPSA) is 80.1 Å². The Kier molecular flexibility index (Phi) is 4.18. The van der Waals surface area contributed by atoms with E-state index in [1.807, 2.05) is 0 Å². The first-order chi connectivity index (χ1) is 9.76. The lowest BCUT2D eigenvalue weighted by atomic mass is 10.1. The minimum Gasteiger partial charge on any atom is -0.444 e. The molecule has 0 aliphatic carbocycles. The number of aromatic nitrogens is 1. The number of rotatable bonds is 3. The molecule has 1 atom stereocenters. The molecule has 0 aliphatic rings. The van der Waals surface area contributed by atoms with Crippen molar-refractivity contribution in [1.29, 1.82) is 0 Å². The highest BCUT2D eigenvalue weighted by molar-refractivity contribution is 5.83. The Hall–Kier alpha value is -2.08. The number of benzene rings is 1. The molecule has 0 bridgehead atoms. The zero-order valence-electron chi connectivity index (χ0n) is 12.4. The van der Waals surface area contributed by atoms with Gasteiger partial charge in [0.05, 0.1) is 0 Å². The molecule has 6 heteroatoms. The second-order valence-electron chi connectivity index (χ2n) is 5.92. The van der Waals surface area contributed by atoms with Crippen LogP contribution in [0.3, 0.4) is 0 Å². The van der Waals surface area contributed by atoms with Crippen LogP contribution >= 0.6 is 0 Å². The summed E-state index contributed by atoms with van der Waals surface area (Å²) in [6, 6.07) is 4.01.